The van der Waals surface area contributed by atoms with Gasteiger partial charge in [0.25, 0.3) is 0 Å². The van der Waals surface area contributed by atoms with E-state index >= 15 is 0 Å². The minimum absolute atomic E-state index is 0.0309. The Morgan fingerprint density at radius 3 is 3.05 bits per heavy atom. The molecule has 1 aliphatic heterocycles. The monoisotopic (exact) mass is 310 g/mol. The van der Waals surface area contributed by atoms with Crippen LogP contribution in [0.5, 0.6) is 0 Å². The van der Waals surface area contributed by atoms with Gasteiger partial charge >= 0.3 is 0 Å². The molecule has 1 aromatic rings. The van der Waals surface area contributed by atoms with Crippen LogP contribution in [0.25, 0.3) is 0 Å². The van der Waals surface area contributed by atoms with Crippen molar-refractivity contribution in [3.8, 4) is 0 Å². The molecule has 1 saturated heterocycles. The number of hydrogen-bond donors (Lipinski definition) is 2. The van der Waals surface area contributed by atoms with Gasteiger partial charge in [0.1, 0.15) is 0 Å². The summed E-state index contributed by atoms with van der Waals surface area (Å²) in [4.78, 5) is 11.7. The lowest BCUT2D eigenvalue weighted by atomic mass is 10.0. The highest BCUT2D eigenvalue weighted by molar-refractivity contribution is 6.30. The van der Waals surface area contributed by atoms with Crippen LogP contribution in [-0.2, 0) is 9.53 Å². The van der Waals surface area contributed by atoms with Crippen LogP contribution in [0.4, 0.5) is 0 Å². The zero-order valence-electron chi connectivity index (χ0n) is 12.4. The van der Waals surface area contributed by atoms with E-state index in [1.807, 2.05) is 24.3 Å². The van der Waals surface area contributed by atoms with Crippen LogP contribution in [0.1, 0.15) is 37.4 Å². The lowest BCUT2D eigenvalue weighted by molar-refractivity contribution is -0.123. The van der Waals surface area contributed by atoms with Gasteiger partial charge in [-0.15, -0.1) is 0 Å². The Balaban J connectivity index is 1.99. The molecule has 5 heteroatoms. The number of piperidine rings is 1. The Morgan fingerprint density at radius 1 is 1.52 bits per heavy atom. The Hall–Kier alpha value is -1.10. The first-order valence-electron chi connectivity index (χ1n) is 7.50. The second-order valence-electron chi connectivity index (χ2n) is 5.40. The van der Waals surface area contributed by atoms with Crippen LogP contribution in [0.15, 0.2) is 24.3 Å². The van der Waals surface area contributed by atoms with Gasteiger partial charge in [-0.3, -0.25) is 4.79 Å². The van der Waals surface area contributed by atoms with E-state index in [1.165, 1.54) is 12.8 Å². The smallest absolute Gasteiger partial charge is 0.222 e. The molecule has 0 aromatic heterocycles. The SMILES string of the molecule is CNC(=O)C[C@@H](OCC1CCCCN1)c1cccc(Cl)c1. The van der Waals surface area contributed by atoms with Crippen molar-refractivity contribution >= 4 is 17.5 Å². The second-order valence-corrected chi connectivity index (χ2v) is 5.84. The van der Waals surface area contributed by atoms with Crippen LogP contribution in [0, 0.1) is 0 Å². The quantitative estimate of drug-likeness (QED) is 0.849. The topological polar surface area (TPSA) is 50.4 Å². The first kappa shape index (κ1) is 16.3. The Kier molecular flexibility index (Phi) is 6.49. The number of halogens is 1. The maximum Gasteiger partial charge on any atom is 0.222 e. The van der Waals surface area contributed by atoms with Crippen molar-refractivity contribution in [1.29, 1.82) is 0 Å². The Bertz CT molecular complexity index is 461. The normalized spacial score (nSPS) is 20.0. The molecule has 2 rings (SSSR count). The third kappa shape index (κ3) is 5.30. The van der Waals surface area contributed by atoms with Crippen molar-refractivity contribution in [3.05, 3.63) is 34.9 Å². The summed E-state index contributed by atoms with van der Waals surface area (Å²) in [6, 6.07) is 7.91. The van der Waals surface area contributed by atoms with Gasteiger partial charge in [-0.2, -0.15) is 0 Å². The molecular weight excluding hydrogens is 288 g/mol. The fourth-order valence-corrected chi connectivity index (χ4v) is 2.75. The molecule has 1 aliphatic rings. The maximum absolute atomic E-state index is 11.7. The van der Waals surface area contributed by atoms with Crippen LogP contribution in [0.2, 0.25) is 5.02 Å². The standard InChI is InChI=1S/C16H23ClN2O2/c1-18-16(20)10-15(12-5-4-6-13(17)9-12)21-11-14-7-2-3-8-19-14/h4-6,9,14-15,19H,2-3,7-8,10-11H2,1H3,(H,18,20)/t14?,15-/m1/s1. The van der Waals surface area contributed by atoms with Gasteiger partial charge in [-0.1, -0.05) is 30.2 Å². The van der Waals surface area contributed by atoms with Gasteiger partial charge in [-0.25, -0.2) is 0 Å². The van der Waals surface area contributed by atoms with E-state index in [0.717, 1.165) is 18.5 Å². The number of carbonyl (C=O) groups excluding carboxylic acids is 1. The van der Waals surface area contributed by atoms with Crippen molar-refractivity contribution in [2.45, 2.75) is 37.8 Å². The molecule has 21 heavy (non-hydrogen) atoms. The highest BCUT2D eigenvalue weighted by Gasteiger charge is 2.20. The molecule has 0 radical (unpaired) electrons. The summed E-state index contributed by atoms with van der Waals surface area (Å²) in [7, 11) is 1.64. The number of ether oxygens (including phenoxy) is 1. The van der Waals surface area contributed by atoms with E-state index in [2.05, 4.69) is 10.6 Å². The predicted molar refractivity (Wildman–Crippen MR) is 84.5 cm³/mol. The fourth-order valence-electron chi connectivity index (χ4n) is 2.55. The van der Waals surface area contributed by atoms with Crippen LogP contribution in [0.3, 0.4) is 0 Å². The lowest BCUT2D eigenvalue weighted by Gasteiger charge is -2.26. The van der Waals surface area contributed by atoms with E-state index in [4.69, 9.17) is 16.3 Å². The number of nitrogens with one attached hydrogen (secondary N) is 2. The molecule has 1 fully saturated rings. The Morgan fingerprint density at radius 2 is 2.38 bits per heavy atom. The maximum atomic E-state index is 11.7. The number of hydrogen-bond acceptors (Lipinski definition) is 3. The summed E-state index contributed by atoms with van der Waals surface area (Å²) >= 11 is 6.04. The van der Waals surface area contributed by atoms with Crippen molar-refractivity contribution in [2.24, 2.45) is 0 Å². The zero-order valence-corrected chi connectivity index (χ0v) is 13.2. The van der Waals surface area contributed by atoms with Crippen molar-refractivity contribution in [2.75, 3.05) is 20.2 Å². The summed E-state index contributed by atoms with van der Waals surface area (Å²) in [5, 5.41) is 6.76. The van der Waals surface area contributed by atoms with Gasteiger partial charge in [0.15, 0.2) is 0 Å². The Labute approximate surface area is 131 Å². The summed E-state index contributed by atoms with van der Waals surface area (Å²) in [5.74, 6) is -0.0309. The van der Waals surface area contributed by atoms with Gasteiger partial charge < -0.3 is 15.4 Å². The summed E-state index contributed by atoms with van der Waals surface area (Å²) < 4.78 is 6.01. The molecule has 1 unspecified atom stereocenters. The molecule has 4 nitrogen and oxygen atoms in total. The average molecular weight is 311 g/mol. The van der Waals surface area contributed by atoms with Gasteiger partial charge in [0.05, 0.1) is 19.1 Å². The minimum atomic E-state index is -0.257. The first-order chi connectivity index (χ1) is 10.2. The van der Waals surface area contributed by atoms with E-state index in [9.17, 15) is 4.79 Å². The summed E-state index contributed by atoms with van der Waals surface area (Å²) in [5.41, 5.74) is 0.946. The molecule has 1 aromatic carbocycles. The second kappa shape index (κ2) is 8.37. The first-order valence-corrected chi connectivity index (χ1v) is 7.88. The molecule has 1 amide bonds. The molecule has 116 valence electrons. The minimum Gasteiger partial charge on any atom is -0.371 e. The fraction of sp³-hybridized carbons (Fsp3) is 0.562. The van der Waals surface area contributed by atoms with Crippen LogP contribution >= 0.6 is 11.6 Å². The van der Waals surface area contributed by atoms with Crippen molar-refractivity contribution in [1.82, 2.24) is 10.6 Å². The van der Waals surface area contributed by atoms with Gasteiger partial charge in [0.2, 0.25) is 5.91 Å². The van der Waals surface area contributed by atoms with Crippen molar-refractivity contribution < 1.29 is 9.53 Å². The lowest BCUT2D eigenvalue weighted by Crippen LogP contribution is -2.38. The van der Waals surface area contributed by atoms with Gasteiger partial charge in [0, 0.05) is 18.1 Å². The molecule has 0 bridgehead atoms. The third-order valence-electron chi connectivity index (χ3n) is 3.78. The van der Waals surface area contributed by atoms with E-state index < -0.39 is 0 Å². The van der Waals surface area contributed by atoms with E-state index in [1.54, 1.807) is 7.05 Å². The highest BCUT2D eigenvalue weighted by atomic mass is 35.5. The molecule has 0 spiro atoms. The van der Waals surface area contributed by atoms with Crippen LogP contribution in [-0.4, -0.2) is 32.1 Å². The number of benzene rings is 1. The molecule has 2 atom stereocenters. The molecular formula is C16H23ClN2O2. The number of rotatable bonds is 6. The number of amides is 1. The third-order valence-corrected chi connectivity index (χ3v) is 4.02. The number of carbonyl (C=O) groups is 1. The molecule has 2 N–H and O–H groups in total. The van der Waals surface area contributed by atoms with E-state index in [-0.39, 0.29) is 12.0 Å². The predicted octanol–water partition coefficient (Wildman–Crippen LogP) is 2.68. The van der Waals surface area contributed by atoms with Gasteiger partial charge in [-0.05, 0) is 37.1 Å². The highest BCUT2D eigenvalue weighted by Crippen LogP contribution is 2.24. The zero-order chi connectivity index (χ0) is 15.1. The van der Waals surface area contributed by atoms with E-state index in [0.29, 0.717) is 24.1 Å². The molecule has 0 saturated carbocycles. The molecule has 0 aliphatic carbocycles. The summed E-state index contributed by atoms with van der Waals surface area (Å²) in [6.45, 7) is 1.67. The largest absolute Gasteiger partial charge is 0.371 e. The van der Waals surface area contributed by atoms with Crippen molar-refractivity contribution in [3.63, 3.8) is 0 Å². The molecule has 1 heterocycles. The summed E-state index contributed by atoms with van der Waals surface area (Å²) in [6.07, 6.45) is 3.64. The average Bonchev–Trinajstić information content (AvgIpc) is 2.52. The van der Waals surface area contributed by atoms with Crippen LogP contribution < -0.4 is 10.6 Å².